The summed E-state index contributed by atoms with van der Waals surface area (Å²) >= 11 is 1.25. The number of hydrogen-bond donors (Lipinski definition) is 0. The highest BCUT2D eigenvalue weighted by Crippen LogP contribution is 2.22. The lowest BCUT2D eigenvalue weighted by molar-refractivity contribution is 0.0897. The summed E-state index contributed by atoms with van der Waals surface area (Å²) < 4.78 is 0. The SMILES string of the molecule is O=C(c1ccccc1)N(C(=O)c1ccccc1)c1nccs1. The van der Waals surface area contributed by atoms with Crippen LogP contribution in [0.2, 0.25) is 0 Å². The van der Waals surface area contributed by atoms with Gasteiger partial charge in [-0.25, -0.2) is 9.88 Å². The third kappa shape index (κ3) is 2.80. The van der Waals surface area contributed by atoms with Crippen molar-refractivity contribution in [2.45, 2.75) is 0 Å². The second-order valence-corrected chi connectivity index (χ2v) is 5.37. The predicted octanol–water partition coefficient (Wildman–Crippen LogP) is 3.63. The molecule has 3 aromatic rings. The first-order valence-electron chi connectivity index (χ1n) is 6.66. The first-order valence-corrected chi connectivity index (χ1v) is 7.54. The molecule has 0 spiro atoms. The monoisotopic (exact) mass is 308 g/mol. The maximum absolute atomic E-state index is 12.7. The zero-order chi connectivity index (χ0) is 15.4. The fraction of sp³-hybridized carbons (Fsp3) is 0. The molecular weight excluding hydrogens is 296 g/mol. The quantitative estimate of drug-likeness (QED) is 0.694. The molecule has 5 heteroatoms. The Bertz CT molecular complexity index is 719. The van der Waals surface area contributed by atoms with Gasteiger partial charge in [-0.15, -0.1) is 11.3 Å². The average molecular weight is 308 g/mol. The third-order valence-electron chi connectivity index (χ3n) is 3.06. The van der Waals surface area contributed by atoms with Gasteiger partial charge < -0.3 is 0 Å². The fourth-order valence-corrected chi connectivity index (χ4v) is 2.65. The minimum Gasteiger partial charge on any atom is -0.268 e. The van der Waals surface area contributed by atoms with Crippen molar-refractivity contribution in [3.05, 3.63) is 83.4 Å². The number of benzene rings is 2. The zero-order valence-corrected chi connectivity index (χ0v) is 12.4. The molecule has 2 amide bonds. The van der Waals surface area contributed by atoms with Crippen LogP contribution in [0.5, 0.6) is 0 Å². The topological polar surface area (TPSA) is 50.3 Å². The van der Waals surface area contributed by atoms with Crippen LogP contribution in [0, 0.1) is 0 Å². The van der Waals surface area contributed by atoms with Gasteiger partial charge >= 0.3 is 0 Å². The van der Waals surface area contributed by atoms with Gasteiger partial charge in [0.15, 0.2) is 5.13 Å². The highest BCUT2D eigenvalue weighted by Gasteiger charge is 2.27. The molecule has 0 saturated carbocycles. The van der Waals surface area contributed by atoms with E-state index in [-0.39, 0.29) is 11.8 Å². The molecular formula is C17H12N2O2S. The minimum absolute atomic E-state index is 0.364. The number of imide groups is 1. The van der Waals surface area contributed by atoms with E-state index < -0.39 is 0 Å². The lowest BCUT2D eigenvalue weighted by atomic mass is 10.1. The highest BCUT2D eigenvalue weighted by atomic mass is 32.1. The number of carbonyl (C=O) groups excluding carboxylic acids is 2. The highest BCUT2D eigenvalue weighted by molar-refractivity contribution is 7.14. The number of rotatable bonds is 3. The summed E-state index contributed by atoms with van der Waals surface area (Å²) in [7, 11) is 0. The Hall–Kier alpha value is -2.79. The van der Waals surface area contributed by atoms with Gasteiger partial charge in [-0.2, -0.15) is 0 Å². The standard InChI is InChI=1S/C17H12N2O2S/c20-15(13-7-3-1-4-8-13)19(17-18-11-12-22-17)16(21)14-9-5-2-6-10-14/h1-12H. The Kier molecular flexibility index (Phi) is 4.07. The number of nitrogens with zero attached hydrogens (tertiary/aromatic N) is 2. The van der Waals surface area contributed by atoms with E-state index in [1.54, 1.807) is 60.1 Å². The van der Waals surface area contributed by atoms with Crippen molar-refractivity contribution in [3.63, 3.8) is 0 Å². The lowest BCUT2D eigenvalue weighted by Gasteiger charge is -2.18. The summed E-state index contributed by atoms with van der Waals surface area (Å²) in [5.41, 5.74) is 0.893. The van der Waals surface area contributed by atoms with Crippen LogP contribution in [0.15, 0.2) is 72.2 Å². The molecule has 1 heterocycles. The second-order valence-electron chi connectivity index (χ2n) is 4.49. The Morgan fingerprint density at radius 2 is 1.32 bits per heavy atom. The van der Waals surface area contributed by atoms with Crippen LogP contribution in [-0.4, -0.2) is 16.8 Å². The van der Waals surface area contributed by atoms with Gasteiger partial charge in [0.25, 0.3) is 11.8 Å². The van der Waals surface area contributed by atoms with Gasteiger partial charge in [0.2, 0.25) is 0 Å². The van der Waals surface area contributed by atoms with Crippen LogP contribution < -0.4 is 4.90 Å². The third-order valence-corrected chi connectivity index (χ3v) is 3.81. The lowest BCUT2D eigenvalue weighted by Crippen LogP contribution is -2.37. The van der Waals surface area contributed by atoms with Crippen LogP contribution >= 0.6 is 11.3 Å². The molecule has 108 valence electrons. The van der Waals surface area contributed by atoms with Crippen LogP contribution in [0.3, 0.4) is 0 Å². The van der Waals surface area contributed by atoms with Crippen molar-refractivity contribution in [2.75, 3.05) is 4.90 Å². The van der Waals surface area contributed by atoms with Crippen molar-refractivity contribution in [2.24, 2.45) is 0 Å². The molecule has 4 nitrogen and oxygen atoms in total. The molecule has 0 N–H and O–H groups in total. The van der Waals surface area contributed by atoms with Crippen molar-refractivity contribution in [1.29, 1.82) is 0 Å². The van der Waals surface area contributed by atoms with E-state index in [4.69, 9.17) is 0 Å². The molecule has 0 fully saturated rings. The number of carbonyl (C=O) groups is 2. The van der Waals surface area contributed by atoms with Gasteiger partial charge in [-0.3, -0.25) is 9.59 Å². The smallest absolute Gasteiger partial charge is 0.267 e. The number of aromatic nitrogens is 1. The largest absolute Gasteiger partial charge is 0.268 e. The first kappa shape index (κ1) is 14.2. The van der Waals surface area contributed by atoms with Gasteiger partial charge in [0, 0.05) is 22.7 Å². The van der Waals surface area contributed by atoms with Crippen molar-refractivity contribution < 1.29 is 9.59 Å². The minimum atomic E-state index is -0.385. The van der Waals surface area contributed by atoms with Crippen molar-refractivity contribution in [3.8, 4) is 0 Å². The summed E-state index contributed by atoms with van der Waals surface area (Å²) in [5, 5.41) is 2.10. The Balaban J connectivity index is 2.02. The molecule has 0 aliphatic carbocycles. The Labute approximate surface area is 131 Å². The van der Waals surface area contributed by atoms with E-state index in [0.29, 0.717) is 16.3 Å². The van der Waals surface area contributed by atoms with Crippen molar-refractivity contribution in [1.82, 2.24) is 4.98 Å². The molecule has 0 bridgehead atoms. The molecule has 0 radical (unpaired) electrons. The van der Waals surface area contributed by atoms with Gasteiger partial charge in [-0.1, -0.05) is 36.4 Å². The van der Waals surface area contributed by atoms with Crippen LogP contribution in [-0.2, 0) is 0 Å². The van der Waals surface area contributed by atoms with E-state index in [1.165, 1.54) is 11.3 Å². The molecule has 22 heavy (non-hydrogen) atoms. The Morgan fingerprint density at radius 1 is 0.818 bits per heavy atom. The number of amides is 2. The average Bonchev–Trinajstić information content (AvgIpc) is 3.10. The number of anilines is 1. The van der Waals surface area contributed by atoms with E-state index in [9.17, 15) is 9.59 Å². The zero-order valence-electron chi connectivity index (χ0n) is 11.5. The van der Waals surface area contributed by atoms with Crippen LogP contribution in [0.25, 0.3) is 0 Å². The Morgan fingerprint density at radius 3 is 1.73 bits per heavy atom. The molecule has 0 atom stereocenters. The van der Waals surface area contributed by atoms with Gasteiger partial charge in [0.1, 0.15) is 0 Å². The summed E-state index contributed by atoms with van der Waals surface area (Å²) in [6.45, 7) is 0. The van der Waals surface area contributed by atoms with Gasteiger partial charge in [0.05, 0.1) is 0 Å². The maximum Gasteiger partial charge on any atom is 0.267 e. The molecule has 0 aliphatic heterocycles. The van der Waals surface area contributed by atoms with Crippen LogP contribution in [0.1, 0.15) is 20.7 Å². The van der Waals surface area contributed by atoms with Crippen LogP contribution in [0.4, 0.5) is 5.13 Å². The van der Waals surface area contributed by atoms with E-state index in [2.05, 4.69) is 4.98 Å². The number of hydrogen-bond acceptors (Lipinski definition) is 4. The summed E-state index contributed by atoms with van der Waals surface area (Å²) in [4.78, 5) is 30.7. The molecule has 2 aromatic carbocycles. The molecule has 0 aliphatic rings. The van der Waals surface area contributed by atoms with Crippen molar-refractivity contribution >= 4 is 28.3 Å². The maximum atomic E-state index is 12.7. The summed E-state index contributed by atoms with van der Waals surface area (Å²) in [6.07, 6.45) is 1.57. The van der Waals surface area contributed by atoms with E-state index >= 15 is 0 Å². The first-order chi connectivity index (χ1) is 10.8. The molecule has 1 aromatic heterocycles. The summed E-state index contributed by atoms with van der Waals surface area (Å²) in [5.74, 6) is -0.770. The van der Waals surface area contributed by atoms with Gasteiger partial charge in [-0.05, 0) is 24.3 Å². The normalized spacial score (nSPS) is 10.2. The van der Waals surface area contributed by atoms with E-state index in [0.717, 1.165) is 4.90 Å². The molecule has 0 saturated heterocycles. The predicted molar refractivity (Wildman–Crippen MR) is 86.1 cm³/mol. The summed E-state index contributed by atoms with van der Waals surface area (Å²) in [6, 6.07) is 17.4. The fourth-order valence-electron chi connectivity index (χ4n) is 2.01. The molecule has 0 unspecified atom stereocenters. The number of thiazole rings is 1. The molecule has 3 rings (SSSR count). The van der Waals surface area contributed by atoms with E-state index in [1.807, 2.05) is 12.1 Å². The second kappa shape index (κ2) is 6.32.